The predicted octanol–water partition coefficient (Wildman–Crippen LogP) is 2.39. The van der Waals surface area contributed by atoms with Gasteiger partial charge < -0.3 is 16.3 Å². The summed E-state index contributed by atoms with van der Waals surface area (Å²) in [6.07, 6.45) is 1.42. The summed E-state index contributed by atoms with van der Waals surface area (Å²) >= 11 is 3.44. The second kappa shape index (κ2) is 6.29. The van der Waals surface area contributed by atoms with Gasteiger partial charge in [0.05, 0.1) is 0 Å². The Morgan fingerprint density at radius 3 is 2.87 bits per heavy atom. The number of para-hydroxylation sites is 1. The third kappa shape index (κ3) is 4.20. The molecule has 0 aromatic heterocycles. The normalized spacial score (nSPS) is 11.4. The van der Waals surface area contributed by atoms with Gasteiger partial charge in [-0.15, -0.1) is 0 Å². The zero-order valence-corrected chi connectivity index (χ0v) is 9.87. The van der Waals surface area contributed by atoms with E-state index in [1.54, 1.807) is 0 Å². The molecule has 0 aliphatic carbocycles. The van der Waals surface area contributed by atoms with Gasteiger partial charge in [0.15, 0.2) is 0 Å². The van der Waals surface area contributed by atoms with Gasteiger partial charge in [-0.05, 0) is 34.5 Å². The zero-order valence-electron chi connectivity index (χ0n) is 8.28. The van der Waals surface area contributed by atoms with Crippen LogP contribution in [0.4, 0.5) is 5.69 Å². The number of hydrogen-bond donors (Lipinski definition) is 3. The number of nitrogens with one attached hydrogen (secondary N) is 1. The maximum atomic E-state index is 8.33. The van der Waals surface area contributed by atoms with Crippen LogP contribution in [0.1, 0.15) is 12.8 Å². The van der Waals surface area contributed by atoms with E-state index >= 15 is 0 Å². The molecular formula is C10H14BrN3O. The zero-order chi connectivity index (χ0) is 11.1. The Morgan fingerprint density at radius 1 is 1.47 bits per heavy atom. The minimum Gasteiger partial charge on any atom is -0.409 e. The van der Waals surface area contributed by atoms with Gasteiger partial charge in [-0.3, -0.25) is 0 Å². The van der Waals surface area contributed by atoms with Crippen molar-refractivity contribution in [3.8, 4) is 0 Å². The highest BCUT2D eigenvalue weighted by atomic mass is 79.9. The molecule has 0 saturated carbocycles. The van der Waals surface area contributed by atoms with Crippen molar-refractivity contribution in [2.24, 2.45) is 10.9 Å². The van der Waals surface area contributed by atoms with Gasteiger partial charge in [-0.2, -0.15) is 0 Å². The van der Waals surface area contributed by atoms with E-state index in [0.29, 0.717) is 6.42 Å². The number of halogens is 1. The molecule has 0 spiro atoms. The van der Waals surface area contributed by atoms with Crippen molar-refractivity contribution >= 4 is 27.5 Å². The third-order valence-corrected chi connectivity index (χ3v) is 2.62. The van der Waals surface area contributed by atoms with Gasteiger partial charge in [0.25, 0.3) is 0 Å². The van der Waals surface area contributed by atoms with Crippen LogP contribution in [0.3, 0.4) is 0 Å². The summed E-state index contributed by atoms with van der Waals surface area (Å²) < 4.78 is 1.04. The number of anilines is 1. The molecule has 1 aromatic rings. The molecule has 1 rings (SSSR count). The molecule has 5 heteroatoms. The van der Waals surface area contributed by atoms with Crippen LogP contribution in [0, 0.1) is 0 Å². The highest BCUT2D eigenvalue weighted by molar-refractivity contribution is 9.10. The van der Waals surface area contributed by atoms with Crippen LogP contribution >= 0.6 is 15.9 Å². The minimum absolute atomic E-state index is 0.268. The molecule has 0 bridgehead atoms. The van der Waals surface area contributed by atoms with Gasteiger partial charge in [-0.1, -0.05) is 17.3 Å². The minimum atomic E-state index is 0.268. The average Bonchev–Trinajstić information content (AvgIpc) is 2.26. The Kier molecular flexibility index (Phi) is 4.97. The Labute approximate surface area is 97.3 Å². The monoisotopic (exact) mass is 271 g/mol. The number of hydrogen-bond acceptors (Lipinski definition) is 3. The lowest BCUT2D eigenvalue weighted by molar-refractivity contribution is 0.316. The number of nitrogens with two attached hydrogens (primary N) is 1. The van der Waals surface area contributed by atoms with Crippen molar-refractivity contribution < 1.29 is 5.21 Å². The Morgan fingerprint density at radius 2 is 2.20 bits per heavy atom. The smallest absolute Gasteiger partial charge is 0.139 e. The highest BCUT2D eigenvalue weighted by Crippen LogP contribution is 2.20. The van der Waals surface area contributed by atoms with Crippen molar-refractivity contribution in [3.63, 3.8) is 0 Å². The van der Waals surface area contributed by atoms with E-state index in [-0.39, 0.29) is 5.84 Å². The molecule has 0 heterocycles. The van der Waals surface area contributed by atoms with Gasteiger partial charge in [0.2, 0.25) is 0 Å². The standard InChI is InChI=1S/C10H14BrN3O/c11-8-4-1-2-5-9(8)13-7-3-6-10(12)14-15/h1-2,4-5,13,15H,3,6-7H2,(H2,12,14). The second-order valence-corrected chi connectivity index (χ2v) is 3.96. The van der Waals surface area contributed by atoms with E-state index in [2.05, 4.69) is 26.4 Å². The first-order valence-corrected chi connectivity index (χ1v) is 5.48. The van der Waals surface area contributed by atoms with E-state index in [0.717, 1.165) is 23.1 Å². The number of amidine groups is 1. The molecule has 0 atom stereocenters. The summed E-state index contributed by atoms with van der Waals surface area (Å²) in [5.41, 5.74) is 6.40. The first-order chi connectivity index (χ1) is 7.24. The Bertz CT molecular complexity index is 341. The molecule has 0 aliphatic rings. The first-order valence-electron chi connectivity index (χ1n) is 4.69. The average molecular weight is 272 g/mol. The number of benzene rings is 1. The van der Waals surface area contributed by atoms with E-state index in [1.165, 1.54) is 0 Å². The van der Waals surface area contributed by atoms with Crippen molar-refractivity contribution in [3.05, 3.63) is 28.7 Å². The van der Waals surface area contributed by atoms with Crippen LogP contribution in [-0.2, 0) is 0 Å². The van der Waals surface area contributed by atoms with E-state index in [1.807, 2.05) is 24.3 Å². The van der Waals surface area contributed by atoms with E-state index in [9.17, 15) is 0 Å². The molecule has 15 heavy (non-hydrogen) atoms. The van der Waals surface area contributed by atoms with E-state index < -0.39 is 0 Å². The van der Waals surface area contributed by atoms with E-state index in [4.69, 9.17) is 10.9 Å². The van der Waals surface area contributed by atoms with Gasteiger partial charge in [-0.25, -0.2) is 0 Å². The van der Waals surface area contributed by atoms with Crippen molar-refractivity contribution in [2.45, 2.75) is 12.8 Å². The SMILES string of the molecule is NC(CCCNc1ccccc1Br)=NO. The second-order valence-electron chi connectivity index (χ2n) is 3.10. The molecule has 0 unspecified atom stereocenters. The molecule has 4 nitrogen and oxygen atoms in total. The topological polar surface area (TPSA) is 70.6 Å². The fourth-order valence-electron chi connectivity index (χ4n) is 1.15. The van der Waals surface area contributed by atoms with Crippen LogP contribution in [0.2, 0.25) is 0 Å². The van der Waals surface area contributed by atoms with Crippen LogP contribution < -0.4 is 11.1 Å². The lowest BCUT2D eigenvalue weighted by atomic mass is 10.2. The van der Waals surface area contributed by atoms with Gasteiger partial charge >= 0.3 is 0 Å². The summed E-state index contributed by atoms with van der Waals surface area (Å²) in [6, 6.07) is 7.90. The van der Waals surface area contributed by atoms with Gasteiger partial charge in [0.1, 0.15) is 5.84 Å². The highest BCUT2D eigenvalue weighted by Gasteiger charge is 1.97. The maximum absolute atomic E-state index is 8.33. The van der Waals surface area contributed by atoms with Crippen molar-refractivity contribution in [1.29, 1.82) is 0 Å². The third-order valence-electron chi connectivity index (χ3n) is 1.93. The molecule has 0 saturated heterocycles. The Hall–Kier alpha value is -1.23. The summed E-state index contributed by atoms with van der Waals surface area (Å²) in [6.45, 7) is 0.791. The molecule has 0 radical (unpaired) electrons. The fourth-order valence-corrected chi connectivity index (χ4v) is 1.57. The van der Waals surface area contributed by atoms with Gasteiger partial charge in [0, 0.05) is 23.1 Å². The lowest BCUT2D eigenvalue weighted by Gasteiger charge is -2.07. The van der Waals surface area contributed by atoms with Crippen molar-refractivity contribution in [1.82, 2.24) is 0 Å². The summed E-state index contributed by atoms with van der Waals surface area (Å²) in [4.78, 5) is 0. The largest absolute Gasteiger partial charge is 0.409 e. The van der Waals surface area contributed by atoms with Crippen LogP contribution in [0.15, 0.2) is 33.9 Å². The number of rotatable bonds is 5. The van der Waals surface area contributed by atoms with Crippen LogP contribution in [-0.4, -0.2) is 17.6 Å². The number of nitrogens with zero attached hydrogens (tertiary/aromatic N) is 1. The summed E-state index contributed by atoms with van der Waals surface area (Å²) in [7, 11) is 0. The maximum Gasteiger partial charge on any atom is 0.139 e. The predicted molar refractivity (Wildman–Crippen MR) is 65.3 cm³/mol. The first kappa shape index (κ1) is 11.8. The molecule has 82 valence electrons. The van der Waals surface area contributed by atoms with Crippen molar-refractivity contribution in [2.75, 3.05) is 11.9 Å². The quantitative estimate of drug-likeness (QED) is 0.253. The number of oxime groups is 1. The molecule has 0 fully saturated rings. The molecule has 4 N–H and O–H groups in total. The summed E-state index contributed by atoms with van der Waals surface area (Å²) in [5.74, 6) is 0.268. The lowest BCUT2D eigenvalue weighted by Crippen LogP contribution is -2.13. The Balaban J connectivity index is 2.29. The molecule has 1 aromatic carbocycles. The molecular weight excluding hydrogens is 258 g/mol. The van der Waals surface area contributed by atoms with Crippen LogP contribution in [0.5, 0.6) is 0 Å². The fraction of sp³-hybridized carbons (Fsp3) is 0.300. The summed E-state index contributed by atoms with van der Waals surface area (Å²) in [5, 5.41) is 14.5. The van der Waals surface area contributed by atoms with Crippen LogP contribution in [0.25, 0.3) is 0 Å². The molecule has 0 amide bonds. The molecule has 0 aliphatic heterocycles.